The van der Waals surface area contributed by atoms with Gasteiger partial charge in [0.15, 0.2) is 11.6 Å². The molecule has 4 rings (SSSR count). The first-order valence-corrected chi connectivity index (χ1v) is 9.98. The number of anilines is 3. The van der Waals surface area contributed by atoms with Crippen LogP contribution in [0.25, 0.3) is 0 Å². The van der Waals surface area contributed by atoms with E-state index in [1.54, 1.807) is 0 Å². The summed E-state index contributed by atoms with van der Waals surface area (Å²) in [4.78, 5) is 16.6. The predicted octanol–water partition coefficient (Wildman–Crippen LogP) is 3.76. The number of benzene rings is 2. The van der Waals surface area contributed by atoms with E-state index in [0.29, 0.717) is 30.4 Å². The molecule has 2 heterocycles. The molecule has 1 aromatic heterocycles. The van der Waals surface area contributed by atoms with E-state index in [2.05, 4.69) is 20.4 Å². The summed E-state index contributed by atoms with van der Waals surface area (Å²) in [5.74, 6) is 1.67. The average Bonchev–Trinajstić information content (AvgIpc) is 2.77. The fourth-order valence-corrected chi connectivity index (χ4v) is 3.43. The van der Waals surface area contributed by atoms with E-state index in [1.807, 2.05) is 71.6 Å². The number of piperazine rings is 1. The van der Waals surface area contributed by atoms with E-state index in [1.165, 1.54) is 0 Å². The van der Waals surface area contributed by atoms with Crippen molar-refractivity contribution in [2.75, 3.05) is 36.4 Å². The lowest BCUT2D eigenvalue weighted by atomic mass is 10.1. The van der Waals surface area contributed by atoms with Gasteiger partial charge < -0.3 is 15.1 Å². The Hall–Kier alpha value is -3.12. The molecule has 0 spiro atoms. The number of halogens is 1. The second kappa shape index (κ2) is 8.92. The lowest BCUT2D eigenvalue weighted by Gasteiger charge is -2.35. The van der Waals surface area contributed by atoms with Crippen molar-refractivity contribution < 1.29 is 4.79 Å². The third-order valence-electron chi connectivity index (χ3n) is 4.92. The molecule has 7 heteroatoms. The minimum Gasteiger partial charge on any atom is -0.352 e. The highest BCUT2D eigenvalue weighted by atomic mass is 35.5. The SMILES string of the molecule is O=C(Cc1ccc(Cl)cc1)N1CCN(c2ccc(Nc3ccccc3)nn2)CC1. The number of carbonyl (C=O) groups excluding carboxylic acids is 1. The molecule has 1 saturated heterocycles. The number of rotatable bonds is 5. The third-order valence-corrected chi connectivity index (χ3v) is 5.17. The van der Waals surface area contributed by atoms with E-state index in [-0.39, 0.29) is 5.91 Å². The van der Waals surface area contributed by atoms with Crippen LogP contribution in [0.15, 0.2) is 66.7 Å². The molecule has 6 nitrogen and oxygen atoms in total. The van der Waals surface area contributed by atoms with Crippen LogP contribution in [0.3, 0.4) is 0 Å². The van der Waals surface area contributed by atoms with Gasteiger partial charge in [-0.05, 0) is 42.0 Å². The molecule has 0 unspecified atom stereocenters. The van der Waals surface area contributed by atoms with Gasteiger partial charge >= 0.3 is 0 Å². The highest BCUT2D eigenvalue weighted by Crippen LogP contribution is 2.18. The lowest BCUT2D eigenvalue weighted by molar-refractivity contribution is -0.130. The molecule has 3 aromatic rings. The first kappa shape index (κ1) is 19.2. The second-order valence-electron chi connectivity index (χ2n) is 6.94. The molecule has 1 amide bonds. The van der Waals surface area contributed by atoms with E-state index in [4.69, 9.17) is 11.6 Å². The summed E-state index contributed by atoms with van der Waals surface area (Å²) in [7, 11) is 0. The maximum absolute atomic E-state index is 12.6. The molecule has 148 valence electrons. The van der Waals surface area contributed by atoms with Gasteiger partial charge in [0.1, 0.15) is 0 Å². The van der Waals surface area contributed by atoms with Crippen molar-refractivity contribution in [1.82, 2.24) is 15.1 Å². The Morgan fingerprint density at radius 3 is 2.28 bits per heavy atom. The highest BCUT2D eigenvalue weighted by molar-refractivity contribution is 6.30. The summed E-state index contributed by atoms with van der Waals surface area (Å²) >= 11 is 5.91. The van der Waals surface area contributed by atoms with E-state index >= 15 is 0 Å². The maximum Gasteiger partial charge on any atom is 0.227 e. The Morgan fingerprint density at radius 2 is 1.62 bits per heavy atom. The van der Waals surface area contributed by atoms with Crippen LogP contribution in [0.1, 0.15) is 5.56 Å². The summed E-state index contributed by atoms with van der Waals surface area (Å²) in [6.07, 6.45) is 0.400. The molecule has 1 N–H and O–H groups in total. The van der Waals surface area contributed by atoms with Gasteiger partial charge in [0.2, 0.25) is 5.91 Å². The summed E-state index contributed by atoms with van der Waals surface area (Å²) in [5.41, 5.74) is 1.96. The van der Waals surface area contributed by atoms with Crippen LogP contribution in [-0.4, -0.2) is 47.2 Å². The Balaban J connectivity index is 1.30. The molecule has 1 aliphatic heterocycles. The Labute approximate surface area is 175 Å². The van der Waals surface area contributed by atoms with Gasteiger partial charge in [-0.1, -0.05) is 41.9 Å². The molecule has 0 aliphatic carbocycles. The number of aromatic nitrogens is 2. The monoisotopic (exact) mass is 407 g/mol. The van der Waals surface area contributed by atoms with E-state index in [9.17, 15) is 4.79 Å². The Bertz CT molecular complexity index is 939. The number of hydrogen-bond donors (Lipinski definition) is 1. The third kappa shape index (κ3) is 5.03. The maximum atomic E-state index is 12.6. The van der Waals surface area contributed by atoms with Gasteiger partial charge in [-0.25, -0.2) is 0 Å². The van der Waals surface area contributed by atoms with Crippen LogP contribution in [0.2, 0.25) is 5.02 Å². The van der Waals surface area contributed by atoms with E-state index < -0.39 is 0 Å². The van der Waals surface area contributed by atoms with Gasteiger partial charge in [-0.2, -0.15) is 0 Å². The minimum absolute atomic E-state index is 0.139. The lowest BCUT2D eigenvalue weighted by Crippen LogP contribution is -2.49. The fourth-order valence-electron chi connectivity index (χ4n) is 3.30. The molecular weight excluding hydrogens is 386 g/mol. The molecule has 29 heavy (non-hydrogen) atoms. The van der Waals surface area contributed by atoms with Gasteiger partial charge in [-0.15, -0.1) is 10.2 Å². The molecule has 0 saturated carbocycles. The van der Waals surface area contributed by atoms with Crippen LogP contribution < -0.4 is 10.2 Å². The number of amides is 1. The zero-order chi connectivity index (χ0) is 20.1. The molecule has 0 radical (unpaired) electrons. The van der Waals surface area contributed by atoms with Crippen molar-refractivity contribution in [2.24, 2.45) is 0 Å². The zero-order valence-corrected chi connectivity index (χ0v) is 16.7. The second-order valence-corrected chi connectivity index (χ2v) is 7.38. The van der Waals surface area contributed by atoms with Crippen molar-refractivity contribution >= 4 is 34.8 Å². The average molecular weight is 408 g/mol. The first-order chi connectivity index (χ1) is 14.2. The molecule has 0 atom stereocenters. The number of hydrogen-bond acceptors (Lipinski definition) is 5. The minimum atomic E-state index is 0.139. The van der Waals surface area contributed by atoms with Crippen molar-refractivity contribution in [3.8, 4) is 0 Å². The summed E-state index contributed by atoms with van der Waals surface area (Å²) < 4.78 is 0. The molecule has 0 bridgehead atoms. The van der Waals surface area contributed by atoms with E-state index in [0.717, 1.165) is 30.2 Å². The number of nitrogens with one attached hydrogen (secondary N) is 1. The van der Waals surface area contributed by atoms with Gasteiger partial charge in [0, 0.05) is 36.9 Å². The normalized spacial score (nSPS) is 14.0. The zero-order valence-electron chi connectivity index (χ0n) is 16.0. The van der Waals surface area contributed by atoms with Crippen LogP contribution in [0.4, 0.5) is 17.3 Å². The van der Waals surface area contributed by atoms with Gasteiger partial charge in [-0.3, -0.25) is 4.79 Å². The van der Waals surface area contributed by atoms with Crippen molar-refractivity contribution in [1.29, 1.82) is 0 Å². The molecule has 1 aliphatic rings. The topological polar surface area (TPSA) is 61.4 Å². The van der Waals surface area contributed by atoms with Crippen LogP contribution >= 0.6 is 11.6 Å². The summed E-state index contributed by atoms with van der Waals surface area (Å²) in [6.45, 7) is 2.84. The van der Waals surface area contributed by atoms with Gasteiger partial charge in [0.25, 0.3) is 0 Å². The van der Waals surface area contributed by atoms with Crippen LogP contribution in [0, 0.1) is 0 Å². The largest absolute Gasteiger partial charge is 0.352 e. The van der Waals surface area contributed by atoms with Gasteiger partial charge in [0.05, 0.1) is 6.42 Å². The fraction of sp³-hybridized carbons (Fsp3) is 0.227. The molecular formula is C22H22ClN5O. The smallest absolute Gasteiger partial charge is 0.227 e. The Morgan fingerprint density at radius 1 is 0.897 bits per heavy atom. The highest BCUT2D eigenvalue weighted by Gasteiger charge is 2.22. The molecule has 1 fully saturated rings. The van der Waals surface area contributed by atoms with Crippen molar-refractivity contribution in [3.05, 3.63) is 77.3 Å². The standard InChI is InChI=1S/C22H22ClN5O/c23-18-8-6-17(7-9-18)16-22(29)28-14-12-27(13-15-28)21-11-10-20(25-26-21)24-19-4-2-1-3-5-19/h1-11H,12-16H2,(H,24,25). The van der Waals surface area contributed by atoms with Crippen molar-refractivity contribution in [3.63, 3.8) is 0 Å². The van der Waals surface area contributed by atoms with Crippen LogP contribution in [0.5, 0.6) is 0 Å². The first-order valence-electron chi connectivity index (χ1n) is 9.60. The van der Waals surface area contributed by atoms with Crippen molar-refractivity contribution in [2.45, 2.75) is 6.42 Å². The Kier molecular flexibility index (Phi) is 5.91. The summed E-state index contributed by atoms with van der Waals surface area (Å²) in [6, 6.07) is 21.2. The number of carbonyl (C=O) groups is 1. The summed E-state index contributed by atoms with van der Waals surface area (Å²) in [5, 5.41) is 12.5. The number of para-hydroxylation sites is 1. The molecule has 2 aromatic carbocycles. The quantitative estimate of drug-likeness (QED) is 0.697. The predicted molar refractivity (Wildman–Crippen MR) is 116 cm³/mol. The number of nitrogens with zero attached hydrogens (tertiary/aromatic N) is 4. The van der Waals surface area contributed by atoms with Crippen LogP contribution in [-0.2, 0) is 11.2 Å².